The third-order valence-electron chi connectivity index (χ3n) is 10.2. The maximum Gasteiger partial charge on any atom is 0.143 e. The summed E-state index contributed by atoms with van der Waals surface area (Å²) in [6.07, 6.45) is 0. The van der Waals surface area contributed by atoms with Gasteiger partial charge in [-0.05, 0) is 113 Å². The average Bonchev–Trinajstić information content (AvgIpc) is 3.23. The molecule has 0 aliphatic rings. The lowest BCUT2D eigenvalue weighted by Crippen LogP contribution is -1.99. The molecule has 0 saturated carbocycles. The van der Waals surface area contributed by atoms with Crippen LogP contribution in [0.1, 0.15) is 11.1 Å². The Morgan fingerprint density at radius 1 is 0.434 bits per heavy atom. The van der Waals surface area contributed by atoms with Crippen LogP contribution < -0.4 is 10.5 Å². The van der Waals surface area contributed by atoms with Crippen LogP contribution in [0.4, 0.5) is 5.69 Å². The Balaban J connectivity index is 0.961. The van der Waals surface area contributed by atoms with E-state index in [1.807, 2.05) is 30.3 Å². The molecule has 0 atom stereocenters. The van der Waals surface area contributed by atoms with Crippen LogP contribution in [0.25, 0.3) is 76.8 Å². The summed E-state index contributed by atoms with van der Waals surface area (Å²) in [4.78, 5) is 0. The highest BCUT2D eigenvalue weighted by Crippen LogP contribution is 2.39. The highest BCUT2D eigenvalue weighted by atomic mass is 16.5. The molecule has 0 aliphatic heterocycles. The molecule has 9 rings (SSSR count). The van der Waals surface area contributed by atoms with Crippen LogP contribution in [0, 0.1) is 11.3 Å². The first kappa shape index (κ1) is 31.8. The quantitative estimate of drug-likeness (QED) is 0.135. The normalized spacial score (nSPS) is 11.2. The summed E-state index contributed by atoms with van der Waals surface area (Å²) in [5, 5.41) is 16.4. The first-order chi connectivity index (χ1) is 26.1. The number of nitriles is 1. The number of hydrogen-bond acceptors (Lipinski definition) is 3. The Hall–Kier alpha value is -7.15. The fraction of sp³-hybridized carbons (Fsp3) is 0.0200. The molecule has 3 heteroatoms. The van der Waals surface area contributed by atoms with E-state index in [2.05, 4.69) is 158 Å². The molecule has 9 aromatic carbocycles. The summed E-state index contributed by atoms with van der Waals surface area (Å²) < 4.78 is 6.37. The largest absolute Gasteiger partial charge is 0.487 e. The van der Waals surface area contributed by atoms with E-state index in [1.54, 1.807) is 0 Å². The molecular weight excluding hydrogens is 645 g/mol. The zero-order chi connectivity index (χ0) is 35.7. The van der Waals surface area contributed by atoms with Gasteiger partial charge in [0.05, 0.1) is 17.3 Å². The first-order valence-corrected chi connectivity index (χ1v) is 17.8. The van der Waals surface area contributed by atoms with Gasteiger partial charge >= 0.3 is 0 Å². The molecule has 0 heterocycles. The molecular formula is C50H34N2O. The molecule has 0 saturated heterocycles. The average molecular weight is 679 g/mol. The van der Waals surface area contributed by atoms with E-state index in [9.17, 15) is 0 Å². The van der Waals surface area contributed by atoms with Crippen LogP contribution in [-0.2, 0) is 6.61 Å². The number of ether oxygens (including phenoxy) is 1. The lowest BCUT2D eigenvalue weighted by molar-refractivity contribution is 0.308. The van der Waals surface area contributed by atoms with Crippen LogP contribution >= 0.6 is 0 Å². The predicted molar refractivity (Wildman–Crippen MR) is 221 cm³/mol. The smallest absolute Gasteiger partial charge is 0.143 e. The molecule has 9 aromatic rings. The van der Waals surface area contributed by atoms with Crippen LogP contribution in [0.3, 0.4) is 0 Å². The summed E-state index contributed by atoms with van der Waals surface area (Å²) in [5.41, 5.74) is 17.9. The van der Waals surface area contributed by atoms with Gasteiger partial charge in [-0.2, -0.15) is 5.26 Å². The zero-order valence-corrected chi connectivity index (χ0v) is 29.0. The SMILES string of the molecule is N#Cc1ccc(-c2ccc(-c3ccc(-c4ccc(COc5cc(-c6cc7ccccc7c7ccccc67)ccc5N)cc4)c4ccccc34)cc2)cc1. The molecule has 0 aliphatic carbocycles. The number of anilines is 1. The number of hydrogen-bond donors (Lipinski definition) is 1. The van der Waals surface area contributed by atoms with Crippen molar-refractivity contribution in [3.05, 3.63) is 193 Å². The number of nitrogens with zero attached hydrogens (tertiary/aromatic N) is 1. The van der Waals surface area contributed by atoms with E-state index in [0.29, 0.717) is 23.6 Å². The lowest BCUT2D eigenvalue weighted by atomic mass is 9.91. The van der Waals surface area contributed by atoms with E-state index in [0.717, 1.165) is 38.9 Å². The number of benzene rings is 9. The van der Waals surface area contributed by atoms with Crippen LogP contribution in [-0.4, -0.2) is 0 Å². The Morgan fingerprint density at radius 3 is 1.55 bits per heavy atom. The number of nitrogens with two attached hydrogens (primary N) is 1. The van der Waals surface area contributed by atoms with Crippen LogP contribution in [0.5, 0.6) is 5.75 Å². The van der Waals surface area contributed by atoms with Crippen molar-refractivity contribution in [2.45, 2.75) is 6.61 Å². The Labute approximate surface area is 308 Å². The topological polar surface area (TPSA) is 59.0 Å². The first-order valence-electron chi connectivity index (χ1n) is 17.8. The highest BCUT2D eigenvalue weighted by molar-refractivity contribution is 6.14. The Kier molecular flexibility index (Phi) is 8.12. The standard InChI is InChI=1S/C50H34N2O/c51-31-33-13-17-35(18-14-33)36-21-23-38(24-22-36)43-27-26-42(45-10-3-4-11-46(43)45)37-19-15-34(16-20-37)32-53-50-30-40(25-28-49(50)52)48-29-39-7-1-2-8-41(39)44-9-5-6-12-47(44)48/h1-30H,32,52H2. The van der Waals surface area contributed by atoms with Gasteiger partial charge in [0.25, 0.3) is 0 Å². The van der Waals surface area contributed by atoms with E-state index < -0.39 is 0 Å². The maximum atomic E-state index is 9.15. The van der Waals surface area contributed by atoms with Gasteiger partial charge in [-0.25, -0.2) is 0 Å². The predicted octanol–water partition coefficient (Wildman–Crippen LogP) is 12.8. The minimum atomic E-state index is 0.407. The van der Waals surface area contributed by atoms with Gasteiger partial charge in [-0.3, -0.25) is 0 Å². The number of fused-ring (bicyclic) bond motifs is 4. The van der Waals surface area contributed by atoms with Crippen molar-refractivity contribution in [1.82, 2.24) is 0 Å². The van der Waals surface area contributed by atoms with Crippen molar-refractivity contribution in [2.75, 3.05) is 5.73 Å². The Bertz CT molecular complexity index is 2830. The van der Waals surface area contributed by atoms with Crippen molar-refractivity contribution < 1.29 is 4.74 Å². The van der Waals surface area contributed by atoms with Crippen molar-refractivity contribution in [2.24, 2.45) is 0 Å². The van der Waals surface area contributed by atoms with E-state index in [1.165, 1.54) is 43.4 Å². The number of nitrogen functional groups attached to an aromatic ring is 1. The third-order valence-corrected chi connectivity index (χ3v) is 10.2. The van der Waals surface area contributed by atoms with E-state index in [-0.39, 0.29) is 0 Å². The minimum absolute atomic E-state index is 0.407. The zero-order valence-electron chi connectivity index (χ0n) is 29.0. The lowest BCUT2D eigenvalue weighted by Gasteiger charge is -2.15. The summed E-state index contributed by atoms with van der Waals surface area (Å²) in [5.74, 6) is 0.676. The third kappa shape index (κ3) is 6.03. The molecule has 2 N–H and O–H groups in total. The number of rotatable bonds is 7. The minimum Gasteiger partial charge on any atom is -0.487 e. The summed E-state index contributed by atoms with van der Waals surface area (Å²) in [7, 11) is 0. The monoisotopic (exact) mass is 678 g/mol. The van der Waals surface area contributed by atoms with Gasteiger partial charge in [0.1, 0.15) is 12.4 Å². The van der Waals surface area contributed by atoms with Crippen molar-refractivity contribution >= 4 is 38.0 Å². The van der Waals surface area contributed by atoms with Crippen LogP contribution in [0.15, 0.2) is 182 Å². The van der Waals surface area contributed by atoms with Gasteiger partial charge in [0.15, 0.2) is 0 Å². The summed E-state index contributed by atoms with van der Waals surface area (Å²) in [6.45, 7) is 0.407. The molecule has 0 spiro atoms. The van der Waals surface area contributed by atoms with E-state index >= 15 is 0 Å². The van der Waals surface area contributed by atoms with Crippen molar-refractivity contribution in [3.8, 4) is 56.3 Å². The maximum absolute atomic E-state index is 9.15. The molecule has 53 heavy (non-hydrogen) atoms. The van der Waals surface area contributed by atoms with Gasteiger partial charge in [-0.15, -0.1) is 0 Å². The second-order valence-electron chi connectivity index (χ2n) is 13.4. The fourth-order valence-electron chi connectivity index (χ4n) is 7.44. The summed E-state index contributed by atoms with van der Waals surface area (Å²) in [6, 6.07) is 65.7. The molecule has 3 nitrogen and oxygen atoms in total. The van der Waals surface area contributed by atoms with Crippen molar-refractivity contribution in [3.63, 3.8) is 0 Å². The second kappa shape index (κ2) is 13.5. The molecule has 0 radical (unpaired) electrons. The highest BCUT2D eigenvalue weighted by Gasteiger charge is 2.13. The van der Waals surface area contributed by atoms with Crippen LogP contribution in [0.2, 0.25) is 0 Å². The molecule has 250 valence electrons. The molecule has 0 aromatic heterocycles. The van der Waals surface area contributed by atoms with E-state index in [4.69, 9.17) is 15.7 Å². The summed E-state index contributed by atoms with van der Waals surface area (Å²) >= 11 is 0. The molecule has 0 unspecified atom stereocenters. The fourth-order valence-corrected chi connectivity index (χ4v) is 7.44. The van der Waals surface area contributed by atoms with Crippen molar-refractivity contribution in [1.29, 1.82) is 5.26 Å². The van der Waals surface area contributed by atoms with Gasteiger partial charge in [0, 0.05) is 0 Å². The second-order valence-corrected chi connectivity index (χ2v) is 13.4. The molecule has 0 fully saturated rings. The Morgan fingerprint density at radius 2 is 0.925 bits per heavy atom. The van der Waals surface area contributed by atoms with Gasteiger partial charge in [0.2, 0.25) is 0 Å². The van der Waals surface area contributed by atoms with Gasteiger partial charge < -0.3 is 10.5 Å². The van der Waals surface area contributed by atoms with Gasteiger partial charge in [-0.1, -0.05) is 152 Å². The molecule has 0 bridgehead atoms. The molecule has 0 amide bonds.